The molecule has 3 heterocycles. The molecule has 0 saturated carbocycles. The molecule has 0 saturated heterocycles. The molecule has 3 N–H and O–H groups in total. The quantitative estimate of drug-likeness (QED) is 0.761. The van der Waals surface area contributed by atoms with Gasteiger partial charge in [-0.3, -0.25) is 15.1 Å². The molecule has 0 bridgehead atoms. The predicted molar refractivity (Wildman–Crippen MR) is 75.7 cm³/mol. The Morgan fingerprint density at radius 3 is 2.95 bits per heavy atom. The molecule has 0 unspecified atom stereocenters. The molecule has 96 valence electrons. The molecule has 0 aromatic carbocycles. The summed E-state index contributed by atoms with van der Waals surface area (Å²) >= 11 is 1.68. The molecule has 0 atom stereocenters. The van der Waals surface area contributed by atoms with Crippen molar-refractivity contribution in [3.05, 3.63) is 41.7 Å². The van der Waals surface area contributed by atoms with Crippen LogP contribution in [0, 0.1) is 0 Å². The summed E-state index contributed by atoms with van der Waals surface area (Å²) in [5, 5.41) is 9.53. The Kier molecular flexibility index (Phi) is 3.35. The second-order valence-corrected chi connectivity index (χ2v) is 4.98. The Labute approximate surface area is 114 Å². The van der Waals surface area contributed by atoms with Crippen molar-refractivity contribution in [3.8, 4) is 22.0 Å². The maximum absolute atomic E-state index is 5.71. The number of H-pyrrole nitrogens is 1. The number of nitrogens with zero attached hydrogens (tertiary/aromatic N) is 3. The van der Waals surface area contributed by atoms with E-state index in [9.17, 15) is 0 Å². The molecule has 6 heteroatoms. The lowest BCUT2D eigenvalue weighted by molar-refractivity contribution is 0.971. The molecule has 0 aliphatic carbocycles. The third kappa shape index (κ3) is 2.27. The van der Waals surface area contributed by atoms with Crippen LogP contribution >= 0.6 is 11.3 Å². The van der Waals surface area contributed by atoms with E-state index in [1.54, 1.807) is 29.9 Å². The minimum Gasteiger partial charge on any atom is -0.330 e. The summed E-state index contributed by atoms with van der Waals surface area (Å²) in [7, 11) is 0. The fraction of sp³-hybridized carbons (Fsp3) is 0.154. The molecule has 3 aromatic heterocycles. The van der Waals surface area contributed by atoms with E-state index in [1.165, 1.54) is 0 Å². The first-order valence-corrected chi connectivity index (χ1v) is 6.85. The standard InChI is InChI=1S/C13H13N5S/c14-4-3-9-12(10-8-15-5-6-16-10)17-18-13(9)11-2-1-7-19-11/h1-2,5-8H,3-4,14H2,(H,17,18). The van der Waals surface area contributed by atoms with Crippen LogP contribution in [0.15, 0.2) is 36.1 Å². The van der Waals surface area contributed by atoms with Gasteiger partial charge in [0.2, 0.25) is 0 Å². The van der Waals surface area contributed by atoms with Crippen LogP contribution in [0.1, 0.15) is 5.56 Å². The van der Waals surface area contributed by atoms with Crippen LogP contribution in [-0.4, -0.2) is 26.7 Å². The largest absolute Gasteiger partial charge is 0.330 e. The number of thiophene rings is 1. The van der Waals surface area contributed by atoms with Gasteiger partial charge in [-0.05, 0) is 24.4 Å². The first kappa shape index (κ1) is 12.0. The van der Waals surface area contributed by atoms with E-state index in [0.29, 0.717) is 6.54 Å². The first-order valence-electron chi connectivity index (χ1n) is 5.97. The zero-order valence-corrected chi connectivity index (χ0v) is 11.0. The first-order chi connectivity index (χ1) is 9.40. The van der Waals surface area contributed by atoms with Crippen molar-refractivity contribution in [2.45, 2.75) is 6.42 Å². The molecule has 5 nitrogen and oxygen atoms in total. The fourth-order valence-electron chi connectivity index (χ4n) is 2.01. The summed E-state index contributed by atoms with van der Waals surface area (Å²) in [5.41, 5.74) is 9.45. The van der Waals surface area contributed by atoms with Crippen molar-refractivity contribution in [2.75, 3.05) is 6.54 Å². The highest BCUT2D eigenvalue weighted by molar-refractivity contribution is 7.13. The van der Waals surface area contributed by atoms with Gasteiger partial charge in [-0.2, -0.15) is 5.10 Å². The Morgan fingerprint density at radius 1 is 1.32 bits per heavy atom. The molecule has 0 radical (unpaired) electrons. The second kappa shape index (κ2) is 5.29. The van der Waals surface area contributed by atoms with Gasteiger partial charge >= 0.3 is 0 Å². The highest BCUT2D eigenvalue weighted by Gasteiger charge is 2.16. The molecule has 0 amide bonds. The average Bonchev–Trinajstić information content (AvgIpc) is 3.09. The van der Waals surface area contributed by atoms with E-state index < -0.39 is 0 Å². The van der Waals surface area contributed by atoms with Crippen molar-refractivity contribution in [3.63, 3.8) is 0 Å². The maximum Gasteiger partial charge on any atom is 0.116 e. The van der Waals surface area contributed by atoms with Crippen LogP contribution in [-0.2, 0) is 6.42 Å². The topological polar surface area (TPSA) is 80.5 Å². The molecular weight excluding hydrogens is 258 g/mol. The second-order valence-electron chi connectivity index (χ2n) is 4.03. The summed E-state index contributed by atoms with van der Waals surface area (Å²) < 4.78 is 0. The molecule has 3 aromatic rings. The van der Waals surface area contributed by atoms with Crippen molar-refractivity contribution in [2.24, 2.45) is 5.73 Å². The van der Waals surface area contributed by atoms with Gasteiger partial charge in [0.25, 0.3) is 0 Å². The summed E-state index contributed by atoms with van der Waals surface area (Å²) in [6.07, 6.45) is 5.80. The monoisotopic (exact) mass is 271 g/mol. The number of aromatic nitrogens is 4. The van der Waals surface area contributed by atoms with E-state index in [1.807, 2.05) is 11.4 Å². The third-order valence-corrected chi connectivity index (χ3v) is 3.72. The molecule has 3 rings (SSSR count). The van der Waals surface area contributed by atoms with Crippen molar-refractivity contribution < 1.29 is 0 Å². The van der Waals surface area contributed by atoms with Gasteiger partial charge in [0.15, 0.2) is 0 Å². The molecule has 0 fully saturated rings. The SMILES string of the molecule is NCCc1c(-c2cnccn2)n[nH]c1-c1cccs1. The van der Waals surface area contributed by atoms with Crippen LogP contribution in [0.25, 0.3) is 22.0 Å². The minimum atomic E-state index is 0.575. The number of hydrogen-bond acceptors (Lipinski definition) is 5. The van der Waals surface area contributed by atoms with Crippen LogP contribution in [0.5, 0.6) is 0 Å². The van der Waals surface area contributed by atoms with Crippen molar-refractivity contribution in [1.82, 2.24) is 20.2 Å². The Balaban J connectivity index is 2.11. The molecule has 19 heavy (non-hydrogen) atoms. The number of rotatable bonds is 4. The summed E-state index contributed by atoms with van der Waals surface area (Å²) in [4.78, 5) is 9.55. The number of hydrogen-bond donors (Lipinski definition) is 2. The Hall–Kier alpha value is -2.05. The van der Waals surface area contributed by atoms with Gasteiger partial charge in [0.1, 0.15) is 11.4 Å². The zero-order valence-electron chi connectivity index (χ0n) is 10.2. The number of nitrogens with two attached hydrogens (primary N) is 1. The van der Waals surface area contributed by atoms with Gasteiger partial charge in [-0.1, -0.05) is 6.07 Å². The molecule has 0 aliphatic heterocycles. The van der Waals surface area contributed by atoms with Gasteiger partial charge in [0.05, 0.1) is 16.8 Å². The number of nitrogens with one attached hydrogen (secondary N) is 1. The molecule has 0 aliphatic rings. The predicted octanol–water partition coefficient (Wildman–Crippen LogP) is 2.10. The summed E-state index contributed by atoms with van der Waals surface area (Å²) in [6, 6.07) is 4.09. The highest BCUT2D eigenvalue weighted by Crippen LogP contribution is 2.31. The summed E-state index contributed by atoms with van der Waals surface area (Å²) in [5.74, 6) is 0. The van der Waals surface area contributed by atoms with Crippen LogP contribution in [0.2, 0.25) is 0 Å². The average molecular weight is 271 g/mol. The molecular formula is C13H13N5S. The van der Waals surface area contributed by atoms with E-state index >= 15 is 0 Å². The van der Waals surface area contributed by atoms with Gasteiger partial charge in [0, 0.05) is 18.0 Å². The minimum absolute atomic E-state index is 0.575. The lowest BCUT2D eigenvalue weighted by atomic mass is 10.1. The fourth-order valence-corrected chi connectivity index (χ4v) is 2.76. The van der Waals surface area contributed by atoms with Crippen LogP contribution in [0.3, 0.4) is 0 Å². The molecule has 0 spiro atoms. The highest BCUT2D eigenvalue weighted by atomic mass is 32.1. The van der Waals surface area contributed by atoms with E-state index in [-0.39, 0.29) is 0 Å². The van der Waals surface area contributed by atoms with E-state index in [0.717, 1.165) is 33.9 Å². The number of aromatic amines is 1. The Bertz CT molecular complexity index is 645. The maximum atomic E-state index is 5.71. The lowest BCUT2D eigenvalue weighted by Crippen LogP contribution is -2.04. The van der Waals surface area contributed by atoms with Crippen LogP contribution in [0.4, 0.5) is 0 Å². The van der Waals surface area contributed by atoms with Crippen molar-refractivity contribution >= 4 is 11.3 Å². The smallest absolute Gasteiger partial charge is 0.116 e. The van der Waals surface area contributed by atoms with E-state index in [4.69, 9.17) is 5.73 Å². The Morgan fingerprint density at radius 2 is 2.26 bits per heavy atom. The van der Waals surface area contributed by atoms with Gasteiger partial charge < -0.3 is 5.73 Å². The van der Waals surface area contributed by atoms with Gasteiger partial charge in [-0.25, -0.2) is 0 Å². The lowest BCUT2D eigenvalue weighted by Gasteiger charge is -2.02. The van der Waals surface area contributed by atoms with Gasteiger partial charge in [-0.15, -0.1) is 11.3 Å². The normalized spacial score (nSPS) is 10.8. The van der Waals surface area contributed by atoms with Crippen molar-refractivity contribution in [1.29, 1.82) is 0 Å². The summed E-state index contributed by atoms with van der Waals surface area (Å²) in [6.45, 7) is 0.575. The third-order valence-electron chi connectivity index (χ3n) is 2.83. The zero-order chi connectivity index (χ0) is 13.1. The van der Waals surface area contributed by atoms with E-state index in [2.05, 4.69) is 26.2 Å². The van der Waals surface area contributed by atoms with Crippen LogP contribution < -0.4 is 5.73 Å².